The predicted octanol–water partition coefficient (Wildman–Crippen LogP) is 4.24. The van der Waals surface area contributed by atoms with Gasteiger partial charge in [0, 0.05) is 22.6 Å². The summed E-state index contributed by atoms with van der Waals surface area (Å²) in [5.74, 6) is -0.295. The van der Waals surface area contributed by atoms with Crippen LogP contribution in [0.2, 0.25) is 5.02 Å². The molecule has 0 saturated carbocycles. The first-order chi connectivity index (χ1) is 12.0. The third kappa shape index (κ3) is 4.51. The van der Waals surface area contributed by atoms with Crippen LogP contribution in [-0.4, -0.2) is 18.9 Å². The zero-order valence-corrected chi connectivity index (χ0v) is 15.0. The van der Waals surface area contributed by atoms with Gasteiger partial charge in [0.05, 0.1) is 12.8 Å². The minimum absolute atomic E-state index is 0.148. The first kappa shape index (κ1) is 18.8. The first-order valence-electron chi connectivity index (χ1n) is 8.04. The smallest absolute Gasteiger partial charge is 0.249 e. The number of unbranched alkanes of at least 4 members (excludes halogenated alkanes) is 1. The van der Waals surface area contributed by atoms with Crippen molar-refractivity contribution in [3.05, 3.63) is 47.0 Å². The zero-order valence-electron chi connectivity index (χ0n) is 14.3. The van der Waals surface area contributed by atoms with Crippen LogP contribution in [0.5, 0.6) is 5.75 Å². The number of hydrogen-bond donors (Lipinski definition) is 2. The number of benzene rings is 2. The Morgan fingerprint density at radius 1 is 1.24 bits per heavy atom. The van der Waals surface area contributed by atoms with E-state index in [-0.39, 0.29) is 11.5 Å². The summed E-state index contributed by atoms with van der Waals surface area (Å²) in [6, 6.07) is 10.2. The Hall–Kier alpha value is -2.53. The summed E-state index contributed by atoms with van der Waals surface area (Å²) in [5, 5.41) is 3.38. The number of halogens is 1. The Bertz CT molecular complexity index is 790. The predicted molar refractivity (Wildman–Crippen MR) is 100 cm³/mol. The number of carbonyl (C=O) groups excluding carboxylic acids is 2. The van der Waals surface area contributed by atoms with E-state index in [1.54, 1.807) is 36.4 Å². The van der Waals surface area contributed by atoms with Crippen LogP contribution in [0, 0.1) is 0 Å². The summed E-state index contributed by atoms with van der Waals surface area (Å²) in [6.07, 6.45) is 2.07. The molecule has 0 fully saturated rings. The number of methoxy groups -OCH3 is 1. The maximum absolute atomic E-state index is 12.3. The number of anilines is 1. The molecule has 0 aliphatic heterocycles. The number of ether oxygens (including phenoxy) is 1. The van der Waals surface area contributed by atoms with Crippen molar-refractivity contribution >= 4 is 29.1 Å². The fourth-order valence-electron chi connectivity index (χ4n) is 2.57. The lowest BCUT2D eigenvalue weighted by Gasteiger charge is -2.18. The number of carbonyl (C=O) groups is 2. The molecule has 2 aromatic rings. The van der Waals surface area contributed by atoms with Crippen molar-refractivity contribution in [2.24, 2.45) is 5.73 Å². The average Bonchev–Trinajstić information content (AvgIpc) is 2.59. The van der Waals surface area contributed by atoms with Gasteiger partial charge in [-0.25, -0.2) is 0 Å². The molecule has 132 valence electrons. The van der Waals surface area contributed by atoms with Crippen molar-refractivity contribution in [1.82, 2.24) is 0 Å². The maximum Gasteiger partial charge on any atom is 0.249 e. The molecule has 6 heteroatoms. The van der Waals surface area contributed by atoms with Gasteiger partial charge in [0.15, 0.2) is 0 Å². The molecule has 0 radical (unpaired) electrons. The summed E-state index contributed by atoms with van der Waals surface area (Å²) >= 11 is 6.09. The standard InChI is InChI=1S/C19H21ClN2O3/c1-3-4-8-16(23)22-18-15(25-2)10-9-14(19(21)24)17(18)12-6-5-7-13(20)11-12/h5-7,9-11H,3-4,8H2,1-2H3,(H2,21,24)(H,22,23). The molecule has 25 heavy (non-hydrogen) atoms. The van der Waals surface area contributed by atoms with E-state index in [1.165, 1.54) is 7.11 Å². The molecule has 0 atom stereocenters. The molecule has 0 bridgehead atoms. The summed E-state index contributed by atoms with van der Waals surface area (Å²) in [6.45, 7) is 2.01. The molecule has 0 aliphatic rings. The Labute approximate surface area is 152 Å². The van der Waals surface area contributed by atoms with Gasteiger partial charge in [-0.1, -0.05) is 37.1 Å². The van der Waals surface area contributed by atoms with E-state index in [4.69, 9.17) is 22.1 Å². The van der Waals surface area contributed by atoms with E-state index in [0.717, 1.165) is 12.8 Å². The van der Waals surface area contributed by atoms with E-state index in [9.17, 15) is 9.59 Å². The fourth-order valence-corrected chi connectivity index (χ4v) is 2.76. The zero-order chi connectivity index (χ0) is 18.4. The van der Waals surface area contributed by atoms with Crippen LogP contribution in [0.15, 0.2) is 36.4 Å². The van der Waals surface area contributed by atoms with Gasteiger partial charge in [-0.3, -0.25) is 9.59 Å². The van der Waals surface area contributed by atoms with Crippen molar-refractivity contribution in [2.75, 3.05) is 12.4 Å². The van der Waals surface area contributed by atoms with Gasteiger partial charge in [0.1, 0.15) is 5.75 Å². The van der Waals surface area contributed by atoms with Crippen molar-refractivity contribution in [2.45, 2.75) is 26.2 Å². The molecule has 0 aliphatic carbocycles. The highest BCUT2D eigenvalue weighted by Crippen LogP contribution is 2.39. The van der Waals surface area contributed by atoms with Crippen LogP contribution in [-0.2, 0) is 4.79 Å². The molecular formula is C19H21ClN2O3. The molecule has 0 aromatic heterocycles. The highest BCUT2D eigenvalue weighted by molar-refractivity contribution is 6.31. The van der Waals surface area contributed by atoms with Gasteiger partial charge >= 0.3 is 0 Å². The van der Waals surface area contributed by atoms with Gasteiger partial charge in [-0.15, -0.1) is 0 Å². The molecule has 2 amide bonds. The van der Waals surface area contributed by atoms with Crippen molar-refractivity contribution in [1.29, 1.82) is 0 Å². The SMILES string of the molecule is CCCCC(=O)Nc1c(OC)ccc(C(N)=O)c1-c1cccc(Cl)c1. The Kier molecular flexibility index (Phi) is 6.42. The third-order valence-electron chi connectivity index (χ3n) is 3.79. The summed E-state index contributed by atoms with van der Waals surface area (Å²) in [5.41, 5.74) is 7.41. The van der Waals surface area contributed by atoms with Gasteiger partial charge < -0.3 is 15.8 Å². The lowest BCUT2D eigenvalue weighted by atomic mass is 9.96. The highest BCUT2D eigenvalue weighted by Gasteiger charge is 2.20. The summed E-state index contributed by atoms with van der Waals surface area (Å²) < 4.78 is 5.38. The number of primary amides is 1. The van der Waals surface area contributed by atoms with E-state index in [0.29, 0.717) is 34.0 Å². The van der Waals surface area contributed by atoms with Crippen LogP contribution >= 0.6 is 11.6 Å². The van der Waals surface area contributed by atoms with Crippen LogP contribution in [0.4, 0.5) is 5.69 Å². The molecule has 0 spiro atoms. The van der Waals surface area contributed by atoms with Gasteiger partial charge in [-0.2, -0.15) is 0 Å². The molecule has 2 aromatic carbocycles. The van der Waals surface area contributed by atoms with Gasteiger partial charge in [0.25, 0.3) is 0 Å². The molecule has 2 rings (SSSR count). The Morgan fingerprint density at radius 2 is 2.00 bits per heavy atom. The molecule has 0 saturated heterocycles. The first-order valence-corrected chi connectivity index (χ1v) is 8.42. The minimum Gasteiger partial charge on any atom is -0.495 e. The molecular weight excluding hydrogens is 340 g/mol. The number of nitrogens with one attached hydrogen (secondary N) is 1. The summed E-state index contributed by atoms with van der Waals surface area (Å²) in [4.78, 5) is 24.2. The van der Waals surface area contributed by atoms with Crippen LogP contribution in [0.3, 0.4) is 0 Å². The molecule has 3 N–H and O–H groups in total. The molecule has 0 unspecified atom stereocenters. The highest BCUT2D eigenvalue weighted by atomic mass is 35.5. The number of amides is 2. The maximum atomic E-state index is 12.3. The largest absolute Gasteiger partial charge is 0.495 e. The number of hydrogen-bond acceptors (Lipinski definition) is 3. The Morgan fingerprint density at radius 3 is 2.60 bits per heavy atom. The average molecular weight is 361 g/mol. The third-order valence-corrected chi connectivity index (χ3v) is 4.02. The quantitative estimate of drug-likeness (QED) is 0.774. The van der Waals surface area contributed by atoms with E-state index < -0.39 is 5.91 Å². The second kappa shape index (κ2) is 8.53. The second-order valence-corrected chi connectivity index (χ2v) is 6.03. The normalized spacial score (nSPS) is 10.4. The van der Waals surface area contributed by atoms with E-state index in [1.807, 2.05) is 6.92 Å². The minimum atomic E-state index is -0.596. The monoisotopic (exact) mass is 360 g/mol. The Balaban J connectivity index is 2.63. The molecule has 0 heterocycles. The van der Waals surface area contributed by atoms with Crippen molar-refractivity contribution in [3.63, 3.8) is 0 Å². The van der Waals surface area contributed by atoms with Crippen molar-refractivity contribution in [3.8, 4) is 16.9 Å². The van der Waals surface area contributed by atoms with Crippen LogP contribution in [0.25, 0.3) is 11.1 Å². The lowest BCUT2D eigenvalue weighted by Crippen LogP contribution is -2.17. The second-order valence-electron chi connectivity index (χ2n) is 5.59. The van der Waals surface area contributed by atoms with E-state index in [2.05, 4.69) is 5.32 Å². The lowest BCUT2D eigenvalue weighted by molar-refractivity contribution is -0.116. The van der Waals surface area contributed by atoms with Gasteiger partial charge in [-0.05, 0) is 36.2 Å². The van der Waals surface area contributed by atoms with Crippen molar-refractivity contribution < 1.29 is 14.3 Å². The van der Waals surface area contributed by atoms with E-state index >= 15 is 0 Å². The van der Waals surface area contributed by atoms with Gasteiger partial charge in [0.2, 0.25) is 11.8 Å². The fraction of sp³-hybridized carbons (Fsp3) is 0.263. The summed E-state index contributed by atoms with van der Waals surface area (Å²) in [7, 11) is 1.50. The van der Waals surface area contributed by atoms with Crippen LogP contribution in [0.1, 0.15) is 36.5 Å². The topological polar surface area (TPSA) is 81.4 Å². The molecule has 5 nitrogen and oxygen atoms in total. The number of rotatable bonds is 7. The number of nitrogens with two attached hydrogens (primary N) is 1. The van der Waals surface area contributed by atoms with Crippen LogP contribution < -0.4 is 15.8 Å².